The largest absolute Gasteiger partial charge is 0.341 e. The first-order chi connectivity index (χ1) is 12.8. The van der Waals surface area contributed by atoms with Crippen molar-refractivity contribution in [2.75, 3.05) is 11.1 Å². The van der Waals surface area contributed by atoms with Gasteiger partial charge in [-0.1, -0.05) is 23.9 Å². The minimum Gasteiger partial charge on any atom is -0.325 e. The van der Waals surface area contributed by atoms with E-state index < -0.39 is 20.5 Å². The summed E-state index contributed by atoms with van der Waals surface area (Å²) in [5, 5.41) is 3.28. The van der Waals surface area contributed by atoms with Gasteiger partial charge in [0.05, 0.1) is 21.7 Å². The molecule has 1 N–H and O–H groups in total. The van der Waals surface area contributed by atoms with Crippen molar-refractivity contribution in [3.05, 3.63) is 48.5 Å². The molecule has 0 saturated heterocycles. The Morgan fingerprint density at radius 2 is 1.85 bits per heavy atom. The van der Waals surface area contributed by atoms with E-state index in [1.54, 1.807) is 0 Å². The Labute approximate surface area is 158 Å². The van der Waals surface area contributed by atoms with Gasteiger partial charge in [-0.25, -0.2) is 13.4 Å². The maximum absolute atomic E-state index is 12.5. The van der Waals surface area contributed by atoms with Crippen LogP contribution in [0.25, 0.3) is 11.0 Å². The normalized spacial score (nSPS) is 11.9. The fourth-order valence-electron chi connectivity index (χ4n) is 2.41. The Bertz CT molecular complexity index is 1080. The molecule has 0 spiro atoms. The third-order valence-corrected chi connectivity index (χ3v) is 6.21. The number of hydrogen-bond donors (Lipinski definition) is 1. The smallest absolute Gasteiger partial charge is 0.325 e. The monoisotopic (exact) mass is 411 g/mol. The average molecular weight is 411 g/mol. The number of nitrogens with one attached hydrogen (secondary N) is 1. The van der Waals surface area contributed by atoms with Crippen LogP contribution >= 0.6 is 11.8 Å². The van der Waals surface area contributed by atoms with Crippen LogP contribution in [0.3, 0.4) is 0 Å². The maximum atomic E-state index is 12.5. The fourth-order valence-corrected chi connectivity index (χ4v) is 3.92. The number of alkyl halides is 2. The molecule has 0 aliphatic carbocycles. The molecule has 6 nitrogen and oxygen atoms in total. The number of rotatable bonds is 6. The van der Waals surface area contributed by atoms with Gasteiger partial charge in [0.1, 0.15) is 0 Å². The van der Waals surface area contributed by atoms with Gasteiger partial charge in [0, 0.05) is 12.7 Å². The van der Waals surface area contributed by atoms with Crippen molar-refractivity contribution in [2.45, 2.75) is 15.8 Å². The summed E-state index contributed by atoms with van der Waals surface area (Å²) in [5.41, 5.74) is 2.11. The van der Waals surface area contributed by atoms with Gasteiger partial charge < -0.3 is 9.88 Å². The van der Waals surface area contributed by atoms with Gasteiger partial charge in [0.2, 0.25) is 15.7 Å². The molecule has 0 saturated carbocycles. The van der Waals surface area contributed by atoms with Crippen LogP contribution in [0, 0.1) is 0 Å². The van der Waals surface area contributed by atoms with Crippen molar-refractivity contribution in [1.29, 1.82) is 0 Å². The Hall–Kier alpha value is -2.46. The molecule has 142 valence electrons. The van der Waals surface area contributed by atoms with E-state index in [9.17, 15) is 22.0 Å². The number of fused-ring (bicyclic) bond motifs is 1. The number of sulfone groups is 1. The summed E-state index contributed by atoms with van der Waals surface area (Å²) in [6, 6.07) is 12.2. The highest BCUT2D eigenvalue weighted by Gasteiger charge is 2.26. The van der Waals surface area contributed by atoms with Gasteiger partial charge in [-0.3, -0.25) is 4.79 Å². The summed E-state index contributed by atoms with van der Waals surface area (Å²) in [7, 11) is -2.79. The first-order valence-electron chi connectivity index (χ1n) is 7.75. The molecule has 0 aliphatic heterocycles. The number of halogens is 2. The minimum atomic E-state index is -4.65. The van der Waals surface area contributed by atoms with Gasteiger partial charge >= 0.3 is 5.76 Å². The molecule has 0 radical (unpaired) electrons. The molecule has 0 atom stereocenters. The number of hydrogen-bond acceptors (Lipinski definition) is 5. The Morgan fingerprint density at radius 3 is 2.48 bits per heavy atom. The molecule has 10 heteroatoms. The summed E-state index contributed by atoms with van der Waals surface area (Å²) in [4.78, 5) is 16.1. The van der Waals surface area contributed by atoms with Crippen LogP contribution in [0.5, 0.6) is 0 Å². The molecule has 0 aliphatic rings. The first-order valence-corrected chi connectivity index (χ1v) is 10.3. The van der Waals surface area contributed by atoms with E-state index in [2.05, 4.69) is 10.3 Å². The van der Waals surface area contributed by atoms with Gasteiger partial charge in [-0.05, 0) is 36.4 Å². The topological polar surface area (TPSA) is 81.1 Å². The van der Waals surface area contributed by atoms with Gasteiger partial charge in [-0.15, -0.1) is 0 Å². The van der Waals surface area contributed by atoms with E-state index >= 15 is 0 Å². The van der Waals surface area contributed by atoms with E-state index in [4.69, 9.17) is 0 Å². The predicted molar refractivity (Wildman–Crippen MR) is 99.7 cm³/mol. The Balaban J connectivity index is 1.63. The third kappa shape index (κ3) is 4.11. The number of amides is 1. The maximum Gasteiger partial charge on any atom is 0.341 e. The van der Waals surface area contributed by atoms with E-state index in [0.717, 1.165) is 23.2 Å². The lowest BCUT2D eigenvalue weighted by Crippen LogP contribution is -2.15. The quantitative estimate of drug-likeness (QED) is 0.630. The second-order valence-corrected chi connectivity index (χ2v) is 8.47. The lowest BCUT2D eigenvalue weighted by atomic mass is 10.3. The highest BCUT2D eigenvalue weighted by Crippen LogP contribution is 2.23. The number of para-hydroxylation sites is 2. The lowest BCUT2D eigenvalue weighted by molar-refractivity contribution is -0.113. The molecule has 3 rings (SSSR count). The van der Waals surface area contributed by atoms with Crippen molar-refractivity contribution in [3.63, 3.8) is 0 Å². The lowest BCUT2D eigenvalue weighted by Gasteiger charge is -2.07. The standard InChI is InChI=1S/C17H15F2N3O3S2/c1-22-14-5-3-2-4-13(14)21-17(22)26-10-15(23)20-11-6-8-12(9-7-11)27(24,25)16(18)19/h2-9,16H,10H2,1H3,(H,20,23). The second-order valence-electron chi connectivity index (χ2n) is 5.61. The number of nitrogens with zero attached hydrogens (tertiary/aromatic N) is 2. The molecule has 0 fully saturated rings. The van der Waals surface area contributed by atoms with Gasteiger partial charge in [0.15, 0.2) is 5.16 Å². The molecule has 3 aromatic rings. The number of aryl methyl sites for hydroxylation is 1. The third-order valence-electron chi connectivity index (χ3n) is 3.78. The van der Waals surface area contributed by atoms with Crippen LogP contribution in [-0.2, 0) is 21.7 Å². The fraction of sp³-hybridized carbons (Fsp3) is 0.176. The van der Waals surface area contributed by atoms with Crippen LogP contribution < -0.4 is 5.32 Å². The van der Waals surface area contributed by atoms with Gasteiger partial charge in [0.25, 0.3) is 0 Å². The van der Waals surface area contributed by atoms with Gasteiger partial charge in [-0.2, -0.15) is 8.78 Å². The summed E-state index contributed by atoms with van der Waals surface area (Å²) in [5.74, 6) is -3.71. The van der Waals surface area contributed by atoms with Crippen molar-refractivity contribution >= 4 is 44.2 Å². The zero-order valence-corrected chi connectivity index (χ0v) is 15.7. The number of imidazole rings is 1. The average Bonchev–Trinajstić information content (AvgIpc) is 2.96. The molecule has 1 aromatic heterocycles. The van der Waals surface area contributed by atoms with E-state index in [1.165, 1.54) is 23.9 Å². The SMILES string of the molecule is Cn1c(SCC(=O)Nc2ccc(S(=O)(=O)C(F)F)cc2)nc2ccccc21. The number of aromatic nitrogens is 2. The molecule has 2 aromatic carbocycles. The highest BCUT2D eigenvalue weighted by molar-refractivity contribution is 7.99. The molecule has 0 bridgehead atoms. The summed E-state index contributed by atoms with van der Waals surface area (Å²) in [6.07, 6.45) is 0. The predicted octanol–water partition coefficient (Wildman–Crippen LogP) is 3.30. The second kappa shape index (κ2) is 7.65. The van der Waals surface area contributed by atoms with Crippen LogP contribution in [-0.4, -0.2) is 35.4 Å². The first kappa shape index (κ1) is 19.3. The Morgan fingerprint density at radius 1 is 1.19 bits per heavy atom. The van der Waals surface area contributed by atoms with Crippen molar-refractivity contribution in [1.82, 2.24) is 9.55 Å². The van der Waals surface area contributed by atoms with E-state index in [0.29, 0.717) is 10.8 Å². The number of carbonyl (C=O) groups excluding carboxylic acids is 1. The number of anilines is 1. The molecule has 1 amide bonds. The highest BCUT2D eigenvalue weighted by atomic mass is 32.2. The van der Waals surface area contributed by atoms with Crippen LogP contribution in [0.1, 0.15) is 0 Å². The number of thioether (sulfide) groups is 1. The van der Waals surface area contributed by atoms with Crippen LogP contribution in [0.15, 0.2) is 58.6 Å². The molecular weight excluding hydrogens is 396 g/mol. The molecule has 0 unspecified atom stereocenters. The summed E-state index contributed by atoms with van der Waals surface area (Å²) >= 11 is 1.26. The van der Waals surface area contributed by atoms with Crippen molar-refractivity contribution < 1.29 is 22.0 Å². The van der Waals surface area contributed by atoms with Crippen molar-refractivity contribution in [3.8, 4) is 0 Å². The number of carbonyl (C=O) groups is 1. The van der Waals surface area contributed by atoms with Crippen molar-refractivity contribution in [2.24, 2.45) is 7.05 Å². The molecule has 27 heavy (non-hydrogen) atoms. The number of benzene rings is 2. The molecular formula is C17H15F2N3O3S2. The summed E-state index contributed by atoms with van der Waals surface area (Å²) < 4.78 is 49.7. The van der Waals surface area contributed by atoms with Crippen LogP contribution in [0.4, 0.5) is 14.5 Å². The zero-order chi connectivity index (χ0) is 19.6. The van der Waals surface area contributed by atoms with E-state index in [1.807, 2.05) is 35.9 Å². The summed E-state index contributed by atoms with van der Waals surface area (Å²) in [6.45, 7) is 0. The van der Waals surface area contributed by atoms with E-state index in [-0.39, 0.29) is 11.7 Å². The Kier molecular flexibility index (Phi) is 5.47. The molecule has 1 heterocycles. The minimum absolute atomic E-state index is 0.0915. The zero-order valence-electron chi connectivity index (χ0n) is 14.1. The van der Waals surface area contributed by atoms with Crippen LogP contribution in [0.2, 0.25) is 0 Å².